The van der Waals surface area contributed by atoms with Crippen molar-refractivity contribution < 1.29 is 4.79 Å². The van der Waals surface area contributed by atoms with Gasteiger partial charge in [-0.3, -0.25) is 9.59 Å². The number of nitrogens with one attached hydrogen (secondary N) is 1. The highest BCUT2D eigenvalue weighted by Gasteiger charge is 2.21. The highest BCUT2D eigenvalue weighted by molar-refractivity contribution is 5.75. The predicted molar refractivity (Wildman–Crippen MR) is 61.2 cm³/mol. The maximum Gasteiger partial charge on any atom is 0.268 e. The molecule has 1 aliphatic carbocycles. The van der Waals surface area contributed by atoms with Gasteiger partial charge in [0.2, 0.25) is 5.91 Å². The van der Waals surface area contributed by atoms with Gasteiger partial charge in [-0.1, -0.05) is 0 Å². The summed E-state index contributed by atoms with van der Waals surface area (Å²) in [5.41, 5.74) is -0.362. The van der Waals surface area contributed by atoms with E-state index in [-0.39, 0.29) is 18.0 Å². The van der Waals surface area contributed by atoms with E-state index in [0.717, 1.165) is 0 Å². The molecule has 0 spiro atoms. The molecule has 0 radical (unpaired) electrons. The van der Waals surface area contributed by atoms with E-state index in [1.807, 2.05) is 0 Å². The average Bonchev–Trinajstić information content (AvgIpc) is 3.13. The quantitative estimate of drug-likeness (QED) is 0.806. The molecule has 1 amide bonds. The molecule has 1 fully saturated rings. The lowest BCUT2D eigenvalue weighted by molar-refractivity contribution is -0.121. The first-order valence-electron chi connectivity index (χ1n) is 5.57. The van der Waals surface area contributed by atoms with Gasteiger partial charge in [0, 0.05) is 12.7 Å². The molecule has 1 heterocycles. The number of nitrogens with zero attached hydrogens (tertiary/aromatic N) is 2. The summed E-state index contributed by atoms with van der Waals surface area (Å²) in [4.78, 5) is 23.2. The number of amides is 1. The number of nitriles is 1. The van der Waals surface area contributed by atoms with Crippen molar-refractivity contribution in [3.05, 3.63) is 34.2 Å². The lowest BCUT2D eigenvalue weighted by Gasteiger charge is -2.06. The second-order valence-corrected chi connectivity index (χ2v) is 4.21. The second-order valence-electron chi connectivity index (χ2n) is 4.21. The minimum atomic E-state index is -0.420. The molecule has 1 aromatic rings. The van der Waals surface area contributed by atoms with Gasteiger partial charge in [0.1, 0.15) is 18.2 Å². The molecule has 5 nitrogen and oxygen atoms in total. The monoisotopic (exact) mass is 231 g/mol. The molecule has 1 N–H and O–H groups in total. The van der Waals surface area contributed by atoms with E-state index in [4.69, 9.17) is 5.26 Å². The Labute approximate surface area is 98.7 Å². The number of aromatic nitrogens is 1. The Morgan fingerprint density at radius 1 is 1.59 bits per heavy atom. The Morgan fingerprint density at radius 2 is 2.35 bits per heavy atom. The fourth-order valence-corrected chi connectivity index (χ4v) is 1.54. The minimum Gasteiger partial charge on any atom is -0.354 e. The van der Waals surface area contributed by atoms with Crippen LogP contribution in [0, 0.1) is 17.2 Å². The van der Waals surface area contributed by atoms with Gasteiger partial charge in [-0.05, 0) is 30.9 Å². The third kappa shape index (κ3) is 2.94. The Balaban J connectivity index is 2.00. The van der Waals surface area contributed by atoms with Crippen molar-refractivity contribution in [2.45, 2.75) is 19.4 Å². The molecule has 0 saturated heterocycles. The largest absolute Gasteiger partial charge is 0.354 e. The van der Waals surface area contributed by atoms with Crippen LogP contribution in [0.1, 0.15) is 18.4 Å². The highest BCUT2D eigenvalue weighted by atomic mass is 16.2. The number of rotatable bonds is 4. The summed E-state index contributed by atoms with van der Waals surface area (Å²) in [6.45, 7) is 0.659. The van der Waals surface area contributed by atoms with Crippen LogP contribution < -0.4 is 10.9 Å². The van der Waals surface area contributed by atoms with E-state index < -0.39 is 5.56 Å². The van der Waals surface area contributed by atoms with Gasteiger partial charge < -0.3 is 9.88 Å². The van der Waals surface area contributed by atoms with Gasteiger partial charge in [0.05, 0.1) is 0 Å². The van der Waals surface area contributed by atoms with Crippen LogP contribution in [0.4, 0.5) is 0 Å². The van der Waals surface area contributed by atoms with Crippen molar-refractivity contribution in [1.29, 1.82) is 5.26 Å². The number of hydrogen-bond donors (Lipinski definition) is 1. The molecule has 0 aromatic carbocycles. The van der Waals surface area contributed by atoms with Crippen LogP contribution in [-0.4, -0.2) is 17.0 Å². The summed E-state index contributed by atoms with van der Waals surface area (Å²) >= 11 is 0. The Kier molecular flexibility index (Phi) is 3.24. The molecule has 2 rings (SSSR count). The number of carbonyl (C=O) groups is 1. The fourth-order valence-electron chi connectivity index (χ4n) is 1.54. The summed E-state index contributed by atoms with van der Waals surface area (Å²) in [6, 6.07) is 4.84. The molecule has 0 atom stereocenters. The van der Waals surface area contributed by atoms with E-state index >= 15 is 0 Å². The maximum atomic E-state index is 11.6. The SMILES string of the molecule is N#Cc1cccn(CC(=O)NCC2CC2)c1=O. The molecule has 88 valence electrons. The van der Waals surface area contributed by atoms with E-state index in [9.17, 15) is 9.59 Å². The number of pyridine rings is 1. The molecule has 1 aliphatic rings. The van der Waals surface area contributed by atoms with Gasteiger partial charge in [0.25, 0.3) is 5.56 Å². The topological polar surface area (TPSA) is 74.9 Å². The fraction of sp³-hybridized carbons (Fsp3) is 0.417. The first-order chi connectivity index (χ1) is 8.20. The van der Waals surface area contributed by atoms with Crippen molar-refractivity contribution in [3.63, 3.8) is 0 Å². The molecule has 0 unspecified atom stereocenters. The van der Waals surface area contributed by atoms with E-state index in [2.05, 4.69) is 5.32 Å². The van der Waals surface area contributed by atoms with Crippen LogP contribution >= 0.6 is 0 Å². The maximum absolute atomic E-state index is 11.6. The van der Waals surface area contributed by atoms with Gasteiger partial charge in [0.15, 0.2) is 0 Å². The van der Waals surface area contributed by atoms with Crippen LogP contribution in [0.25, 0.3) is 0 Å². The van der Waals surface area contributed by atoms with Crippen LogP contribution in [0.3, 0.4) is 0 Å². The summed E-state index contributed by atoms with van der Waals surface area (Å²) in [5, 5.41) is 11.5. The van der Waals surface area contributed by atoms with Crippen molar-refractivity contribution in [2.24, 2.45) is 5.92 Å². The van der Waals surface area contributed by atoms with Gasteiger partial charge in [-0.25, -0.2) is 0 Å². The standard InChI is InChI=1S/C12H13N3O2/c13-6-10-2-1-5-15(12(10)17)8-11(16)14-7-9-3-4-9/h1-2,5,9H,3-4,7-8H2,(H,14,16). The average molecular weight is 231 g/mol. The smallest absolute Gasteiger partial charge is 0.268 e. The summed E-state index contributed by atoms with van der Waals surface area (Å²) in [5.74, 6) is 0.426. The Morgan fingerprint density at radius 3 is 3.00 bits per heavy atom. The second kappa shape index (κ2) is 4.83. The third-order valence-corrected chi connectivity index (χ3v) is 2.74. The van der Waals surface area contributed by atoms with E-state index in [1.54, 1.807) is 12.1 Å². The zero-order valence-electron chi connectivity index (χ0n) is 9.35. The first-order valence-corrected chi connectivity index (χ1v) is 5.57. The van der Waals surface area contributed by atoms with Crippen molar-refractivity contribution in [1.82, 2.24) is 9.88 Å². The number of hydrogen-bond acceptors (Lipinski definition) is 3. The van der Waals surface area contributed by atoms with E-state index in [0.29, 0.717) is 12.5 Å². The van der Waals surface area contributed by atoms with Crippen molar-refractivity contribution >= 4 is 5.91 Å². The summed E-state index contributed by atoms with van der Waals surface area (Å²) in [6.07, 6.45) is 3.86. The number of carbonyl (C=O) groups excluding carboxylic acids is 1. The van der Waals surface area contributed by atoms with Gasteiger partial charge in [-0.2, -0.15) is 5.26 Å². The Hall–Kier alpha value is -2.09. The van der Waals surface area contributed by atoms with Crippen molar-refractivity contribution in [2.75, 3.05) is 6.54 Å². The lowest BCUT2D eigenvalue weighted by Crippen LogP contribution is -2.33. The molecule has 5 heteroatoms. The molecule has 0 aliphatic heterocycles. The zero-order chi connectivity index (χ0) is 12.3. The predicted octanol–water partition coefficient (Wildman–Crippen LogP) is 0.246. The molecule has 1 saturated carbocycles. The molecular formula is C12H13N3O2. The normalized spacial score (nSPS) is 14.1. The Bertz CT molecular complexity index is 523. The molecule has 1 aromatic heterocycles. The summed E-state index contributed by atoms with van der Waals surface area (Å²) < 4.78 is 1.25. The van der Waals surface area contributed by atoms with E-state index in [1.165, 1.54) is 29.7 Å². The van der Waals surface area contributed by atoms with Crippen LogP contribution in [-0.2, 0) is 11.3 Å². The third-order valence-electron chi connectivity index (χ3n) is 2.74. The van der Waals surface area contributed by atoms with Gasteiger partial charge >= 0.3 is 0 Å². The minimum absolute atomic E-state index is 0.0267. The first kappa shape index (κ1) is 11.4. The van der Waals surface area contributed by atoms with Crippen molar-refractivity contribution in [3.8, 4) is 6.07 Å². The lowest BCUT2D eigenvalue weighted by atomic mass is 10.3. The molecule has 0 bridgehead atoms. The molecule has 17 heavy (non-hydrogen) atoms. The van der Waals surface area contributed by atoms with Gasteiger partial charge in [-0.15, -0.1) is 0 Å². The zero-order valence-corrected chi connectivity index (χ0v) is 9.35. The highest BCUT2D eigenvalue weighted by Crippen LogP contribution is 2.27. The molecular weight excluding hydrogens is 218 g/mol. The van der Waals surface area contributed by atoms with Crippen LogP contribution in [0.5, 0.6) is 0 Å². The summed E-state index contributed by atoms with van der Waals surface area (Å²) in [7, 11) is 0. The van der Waals surface area contributed by atoms with Crippen LogP contribution in [0.15, 0.2) is 23.1 Å². The van der Waals surface area contributed by atoms with Crippen LogP contribution in [0.2, 0.25) is 0 Å².